The van der Waals surface area contributed by atoms with Crippen molar-refractivity contribution in [2.75, 3.05) is 11.9 Å². The molecule has 0 radical (unpaired) electrons. The first-order valence-electron chi connectivity index (χ1n) is 14.6. The molecule has 44 heavy (non-hydrogen) atoms. The Morgan fingerprint density at radius 3 is 2.18 bits per heavy atom. The quantitative estimate of drug-likeness (QED) is 0.0606. The van der Waals surface area contributed by atoms with Crippen molar-refractivity contribution in [3.63, 3.8) is 0 Å². The van der Waals surface area contributed by atoms with E-state index in [9.17, 15) is 19.2 Å². The Hall–Kier alpha value is -4.93. The van der Waals surface area contributed by atoms with Gasteiger partial charge in [0.2, 0.25) is 11.8 Å². The first-order valence-corrected chi connectivity index (χ1v) is 14.6. The number of hydrogen-bond acceptors (Lipinski definition) is 6. The van der Waals surface area contributed by atoms with E-state index in [1.54, 1.807) is 37.3 Å². The van der Waals surface area contributed by atoms with Crippen LogP contribution in [0.3, 0.4) is 0 Å². The van der Waals surface area contributed by atoms with E-state index >= 15 is 0 Å². The third-order valence-electron chi connectivity index (χ3n) is 7.23. The Bertz CT molecular complexity index is 1470. The van der Waals surface area contributed by atoms with E-state index in [2.05, 4.69) is 21.3 Å². The van der Waals surface area contributed by atoms with Crippen molar-refractivity contribution >= 4 is 46.1 Å². The number of rotatable bonds is 12. The molecule has 3 rings (SSSR count). The molecule has 234 valence electrons. The van der Waals surface area contributed by atoms with Crippen LogP contribution in [0.4, 0.5) is 5.69 Å². The summed E-state index contributed by atoms with van der Waals surface area (Å²) in [5.41, 5.74) is 6.29. The van der Waals surface area contributed by atoms with Gasteiger partial charge in [-0.2, -0.15) is 0 Å². The van der Waals surface area contributed by atoms with Crippen LogP contribution in [0, 0.1) is 10.8 Å². The number of anilines is 1. The van der Waals surface area contributed by atoms with E-state index in [-0.39, 0.29) is 24.2 Å². The molecule has 3 atom stereocenters. The van der Waals surface area contributed by atoms with Gasteiger partial charge in [0, 0.05) is 18.7 Å². The minimum Gasteiger partial charge on any atom is -0.455 e. The topological polar surface area (TPSA) is 176 Å². The normalized spacial score (nSPS) is 13.2. The molecule has 7 N–H and O–H groups in total. The second-order valence-electron chi connectivity index (χ2n) is 11.7. The highest BCUT2D eigenvalue weighted by Gasteiger charge is 2.31. The Balaban J connectivity index is 1.79. The maximum Gasteiger partial charge on any atom is 0.397 e. The Labute approximate surface area is 257 Å². The molecule has 3 amide bonds. The van der Waals surface area contributed by atoms with Crippen molar-refractivity contribution in [2.24, 2.45) is 11.1 Å². The molecule has 1 unspecified atom stereocenters. The molecule has 0 spiro atoms. The fraction of sp³-hybridized carbons (Fsp3) is 0.364. The SMILES string of the molecule is C[C@@H](OC(=O)C(=O)NC(Cc1ccccc1)C(=O)N[C@@H](CCCNC(=N)N)C(=O)Nc1ccc2ccccc2c1)C(C)(C)C. The van der Waals surface area contributed by atoms with Crippen LogP contribution in [-0.4, -0.2) is 54.4 Å². The number of ether oxygens (including phenoxy) is 1. The fourth-order valence-electron chi connectivity index (χ4n) is 4.23. The molecule has 3 aromatic rings. The molecule has 3 aromatic carbocycles. The smallest absolute Gasteiger partial charge is 0.397 e. The predicted molar refractivity (Wildman–Crippen MR) is 171 cm³/mol. The van der Waals surface area contributed by atoms with E-state index in [0.29, 0.717) is 18.7 Å². The van der Waals surface area contributed by atoms with Gasteiger partial charge in [0.25, 0.3) is 0 Å². The van der Waals surface area contributed by atoms with Crippen LogP contribution in [0.25, 0.3) is 10.8 Å². The van der Waals surface area contributed by atoms with Gasteiger partial charge in [0.15, 0.2) is 5.96 Å². The summed E-state index contributed by atoms with van der Waals surface area (Å²) in [5.74, 6) is -3.46. The number of amides is 3. The maximum absolute atomic E-state index is 13.6. The maximum atomic E-state index is 13.6. The largest absolute Gasteiger partial charge is 0.455 e. The number of benzene rings is 3. The number of carbonyl (C=O) groups excluding carboxylic acids is 4. The van der Waals surface area contributed by atoms with E-state index in [1.165, 1.54) is 0 Å². The summed E-state index contributed by atoms with van der Waals surface area (Å²) in [4.78, 5) is 52.6. The summed E-state index contributed by atoms with van der Waals surface area (Å²) in [6.07, 6.45) is 0.144. The predicted octanol–water partition coefficient (Wildman–Crippen LogP) is 3.23. The molecule has 0 heterocycles. The molecule has 0 fully saturated rings. The number of nitrogens with two attached hydrogens (primary N) is 1. The second kappa shape index (κ2) is 15.5. The van der Waals surface area contributed by atoms with Crippen LogP contribution >= 0.6 is 0 Å². The lowest BCUT2D eigenvalue weighted by Gasteiger charge is -2.27. The van der Waals surface area contributed by atoms with E-state index < -0.39 is 41.9 Å². The highest BCUT2D eigenvalue weighted by atomic mass is 16.5. The zero-order valence-corrected chi connectivity index (χ0v) is 25.6. The summed E-state index contributed by atoms with van der Waals surface area (Å²) in [6, 6.07) is 20.1. The molecule has 0 aliphatic carbocycles. The fourth-order valence-corrected chi connectivity index (χ4v) is 4.23. The molecule has 0 aromatic heterocycles. The number of nitrogens with one attached hydrogen (secondary N) is 5. The van der Waals surface area contributed by atoms with Gasteiger partial charge in [0.05, 0.1) is 0 Å². The number of esters is 1. The zero-order valence-electron chi connectivity index (χ0n) is 25.6. The van der Waals surface area contributed by atoms with Crippen LogP contribution in [0.2, 0.25) is 0 Å². The molecule has 11 nitrogen and oxygen atoms in total. The Kier molecular flexibility index (Phi) is 11.8. The lowest BCUT2D eigenvalue weighted by Crippen LogP contribution is -2.54. The minimum absolute atomic E-state index is 0.0748. The van der Waals surface area contributed by atoms with Gasteiger partial charge >= 0.3 is 11.9 Å². The third-order valence-corrected chi connectivity index (χ3v) is 7.23. The Morgan fingerprint density at radius 2 is 1.52 bits per heavy atom. The summed E-state index contributed by atoms with van der Waals surface area (Å²) in [5, 5.41) is 20.2. The number of hydrogen-bond donors (Lipinski definition) is 6. The molecule has 11 heteroatoms. The molecule has 0 bridgehead atoms. The summed E-state index contributed by atoms with van der Waals surface area (Å²) < 4.78 is 5.33. The van der Waals surface area contributed by atoms with Gasteiger partial charge in [-0.15, -0.1) is 0 Å². The van der Waals surface area contributed by atoms with Gasteiger partial charge < -0.3 is 31.7 Å². The summed E-state index contributed by atoms with van der Waals surface area (Å²) >= 11 is 0. The van der Waals surface area contributed by atoms with Gasteiger partial charge in [-0.05, 0) is 53.6 Å². The van der Waals surface area contributed by atoms with Gasteiger partial charge in [0.1, 0.15) is 18.2 Å². The van der Waals surface area contributed by atoms with Gasteiger partial charge in [-0.3, -0.25) is 19.8 Å². The van der Waals surface area contributed by atoms with Crippen molar-refractivity contribution in [2.45, 2.75) is 65.1 Å². The first-order chi connectivity index (χ1) is 20.8. The van der Waals surface area contributed by atoms with Crippen LogP contribution in [0.15, 0.2) is 72.8 Å². The lowest BCUT2D eigenvalue weighted by molar-refractivity contribution is -0.162. The highest BCUT2D eigenvalue weighted by Crippen LogP contribution is 2.22. The molecular weight excluding hydrogens is 560 g/mol. The second-order valence-corrected chi connectivity index (χ2v) is 11.7. The third kappa shape index (κ3) is 10.4. The van der Waals surface area contributed by atoms with Crippen molar-refractivity contribution < 1.29 is 23.9 Å². The lowest BCUT2D eigenvalue weighted by atomic mass is 9.90. The van der Waals surface area contributed by atoms with E-state index in [4.69, 9.17) is 15.9 Å². The van der Waals surface area contributed by atoms with E-state index in [0.717, 1.165) is 16.3 Å². The monoisotopic (exact) mass is 602 g/mol. The van der Waals surface area contributed by atoms with Gasteiger partial charge in [-0.25, -0.2) is 4.79 Å². The Morgan fingerprint density at radius 1 is 0.864 bits per heavy atom. The zero-order chi connectivity index (χ0) is 32.3. The molecule has 0 saturated heterocycles. The van der Waals surface area contributed by atoms with Crippen molar-refractivity contribution in [3.8, 4) is 0 Å². The number of carbonyl (C=O) groups is 4. The standard InChI is InChI=1S/C33H42N6O5/c1-21(33(2,3)4)44-31(43)30(42)39-27(19-22-11-6-5-7-12-22)29(41)38-26(15-10-18-36-32(34)35)28(40)37-25-17-16-23-13-8-9-14-24(23)20-25/h5-9,11-14,16-17,20-21,26-27H,10,15,18-19H2,1-4H3,(H,37,40)(H,38,41)(H,39,42)(H4,34,35,36)/t21-,26+,27?/m1/s1. The van der Waals surface area contributed by atoms with Crippen molar-refractivity contribution in [3.05, 3.63) is 78.4 Å². The minimum atomic E-state index is -1.17. The number of fused-ring (bicyclic) bond motifs is 1. The molecular formula is C33H42N6O5. The van der Waals surface area contributed by atoms with Crippen LogP contribution in [0.5, 0.6) is 0 Å². The molecule has 0 aliphatic heterocycles. The van der Waals surface area contributed by atoms with Crippen LogP contribution in [0.1, 0.15) is 46.1 Å². The van der Waals surface area contributed by atoms with Crippen molar-refractivity contribution in [1.29, 1.82) is 5.41 Å². The summed E-state index contributed by atoms with van der Waals surface area (Å²) in [6.45, 7) is 7.64. The van der Waals surface area contributed by atoms with Crippen LogP contribution < -0.4 is 27.0 Å². The average Bonchev–Trinajstić information content (AvgIpc) is 2.97. The van der Waals surface area contributed by atoms with Crippen LogP contribution in [-0.2, 0) is 30.3 Å². The molecule has 0 saturated carbocycles. The van der Waals surface area contributed by atoms with Gasteiger partial charge in [-0.1, -0.05) is 81.4 Å². The first kappa shape index (κ1) is 33.6. The average molecular weight is 603 g/mol. The summed E-state index contributed by atoms with van der Waals surface area (Å²) in [7, 11) is 0. The molecule has 0 aliphatic rings. The number of guanidine groups is 1. The van der Waals surface area contributed by atoms with E-state index in [1.807, 2.05) is 63.2 Å². The van der Waals surface area contributed by atoms with Crippen molar-refractivity contribution in [1.82, 2.24) is 16.0 Å². The highest BCUT2D eigenvalue weighted by molar-refractivity contribution is 6.33.